The molecule has 17 heavy (non-hydrogen) atoms. The van der Waals surface area contributed by atoms with Crippen molar-refractivity contribution in [3.05, 3.63) is 35.0 Å². The number of aryl methyl sites for hydroxylation is 1. The van der Waals surface area contributed by atoms with Crippen LogP contribution in [0.3, 0.4) is 0 Å². The van der Waals surface area contributed by atoms with Crippen LogP contribution < -0.4 is 5.73 Å². The van der Waals surface area contributed by atoms with Gasteiger partial charge in [0.25, 0.3) is 0 Å². The minimum Gasteiger partial charge on any atom is -0.366 e. The molecular weight excluding hydrogens is 239 g/mol. The molecule has 2 N–H and O–H groups in total. The molecule has 2 heterocycles. The maximum atomic E-state index is 13.8. The molecule has 4 nitrogen and oxygen atoms in total. The molecule has 0 bridgehead atoms. The first-order chi connectivity index (χ1) is 8.16. The third-order valence-electron chi connectivity index (χ3n) is 2.51. The van der Waals surface area contributed by atoms with E-state index < -0.39 is 0 Å². The Morgan fingerprint density at radius 2 is 2.12 bits per heavy atom. The minimum absolute atomic E-state index is 0.203. The number of nitrogen functional groups attached to an aromatic ring is 1. The van der Waals surface area contributed by atoms with Crippen LogP contribution >= 0.6 is 11.3 Å². The molecule has 0 unspecified atom stereocenters. The standard InChI is InChI=1S/C11H9FN4S/c1-6-9(7-4-2-3-5-8(7)12)16-11(17-6)14-10(13)15-16/h2-5H,1H3,(H2,13,15). The van der Waals surface area contributed by atoms with Crippen LogP contribution in [0.4, 0.5) is 10.3 Å². The van der Waals surface area contributed by atoms with Crippen molar-refractivity contribution in [3.63, 3.8) is 0 Å². The molecule has 1 aromatic carbocycles. The molecule has 2 aromatic heterocycles. The largest absolute Gasteiger partial charge is 0.366 e. The Morgan fingerprint density at radius 1 is 1.35 bits per heavy atom. The van der Waals surface area contributed by atoms with Gasteiger partial charge in [0.05, 0.1) is 5.69 Å². The zero-order valence-corrected chi connectivity index (χ0v) is 9.83. The van der Waals surface area contributed by atoms with E-state index >= 15 is 0 Å². The lowest BCUT2D eigenvalue weighted by Crippen LogP contribution is -1.94. The number of nitrogens with zero attached hydrogens (tertiary/aromatic N) is 3. The molecule has 0 saturated carbocycles. The molecule has 0 amide bonds. The summed E-state index contributed by atoms with van der Waals surface area (Å²) in [4.78, 5) is 5.72. The second-order valence-electron chi connectivity index (χ2n) is 3.65. The number of fused-ring (bicyclic) bond motifs is 1. The zero-order chi connectivity index (χ0) is 12.0. The normalized spacial score (nSPS) is 11.2. The molecule has 6 heteroatoms. The van der Waals surface area contributed by atoms with Crippen LogP contribution in [0.1, 0.15) is 4.88 Å². The Balaban J connectivity index is 2.36. The van der Waals surface area contributed by atoms with Gasteiger partial charge in [-0.3, -0.25) is 0 Å². The number of hydrogen-bond acceptors (Lipinski definition) is 4. The fourth-order valence-electron chi connectivity index (χ4n) is 1.82. The van der Waals surface area contributed by atoms with E-state index in [0.717, 1.165) is 4.88 Å². The predicted octanol–water partition coefficient (Wildman–Crippen LogP) is 2.49. The van der Waals surface area contributed by atoms with Crippen LogP contribution in [0.15, 0.2) is 24.3 Å². The number of benzene rings is 1. The summed E-state index contributed by atoms with van der Waals surface area (Å²) in [7, 11) is 0. The van der Waals surface area contributed by atoms with Gasteiger partial charge in [0, 0.05) is 10.4 Å². The fraction of sp³-hybridized carbons (Fsp3) is 0.0909. The van der Waals surface area contributed by atoms with Gasteiger partial charge < -0.3 is 5.73 Å². The molecule has 86 valence electrons. The smallest absolute Gasteiger partial charge is 0.241 e. The third-order valence-corrected chi connectivity index (χ3v) is 3.46. The monoisotopic (exact) mass is 248 g/mol. The van der Waals surface area contributed by atoms with Gasteiger partial charge in [0.1, 0.15) is 5.82 Å². The predicted molar refractivity (Wildman–Crippen MR) is 65.4 cm³/mol. The topological polar surface area (TPSA) is 56.2 Å². The molecular formula is C11H9FN4S. The first-order valence-electron chi connectivity index (χ1n) is 5.03. The molecule has 0 atom stereocenters. The lowest BCUT2D eigenvalue weighted by molar-refractivity contribution is 0.630. The Hall–Kier alpha value is -1.95. The highest BCUT2D eigenvalue weighted by Gasteiger charge is 2.16. The Kier molecular flexibility index (Phi) is 2.12. The van der Waals surface area contributed by atoms with Gasteiger partial charge in [-0.2, -0.15) is 4.98 Å². The van der Waals surface area contributed by atoms with Gasteiger partial charge >= 0.3 is 0 Å². The van der Waals surface area contributed by atoms with E-state index in [0.29, 0.717) is 16.2 Å². The van der Waals surface area contributed by atoms with E-state index in [9.17, 15) is 4.39 Å². The number of rotatable bonds is 1. The molecule has 0 spiro atoms. The van der Waals surface area contributed by atoms with Crippen molar-refractivity contribution in [2.75, 3.05) is 5.73 Å². The summed E-state index contributed by atoms with van der Waals surface area (Å²) in [5.41, 5.74) is 6.77. The molecule has 0 radical (unpaired) electrons. The van der Waals surface area contributed by atoms with Crippen molar-refractivity contribution in [3.8, 4) is 11.3 Å². The van der Waals surface area contributed by atoms with Gasteiger partial charge in [0.2, 0.25) is 10.9 Å². The van der Waals surface area contributed by atoms with Crippen LogP contribution in [0.25, 0.3) is 16.2 Å². The lowest BCUT2D eigenvalue weighted by atomic mass is 10.1. The van der Waals surface area contributed by atoms with E-state index in [-0.39, 0.29) is 11.8 Å². The second-order valence-corrected chi connectivity index (χ2v) is 4.83. The van der Waals surface area contributed by atoms with Crippen molar-refractivity contribution in [1.82, 2.24) is 14.6 Å². The molecule has 3 rings (SSSR count). The summed E-state index contributed by atoms with van der Waals surface area (Å²) in [6.07, 6.45) is 0. The zero-order valence-electron chi connectivity index (χ0n) is 9.01. The second kappa shape index (κ2) is 3.53. The van der Waals surface area contributed by atoms with E-state index in [4.69, 9.17) is 5.73 Å². The van der Waals surface area contributed by atoms with Gasteiger partial charge in [-0.15, -0.1) is 5.10 Å². The van der Waals surface area contributed by atoms with Gasteiger partial charge in [-0.05, 0) is 19.1 Å². The summed E-state index contributed by atoms with van der Waals surface area (Å²) in [5, 5.41) is 4.08. The van der Waals surface area contributed by atoms with Crippen LogP contribution in [0.5, 0.6) is 0 Å². The van der Waals surface area contributed by atoms with Crippen molar-refractivity contribution >= 4 is 22.2 Å². The minimum atomic E-state index is -0.274. The van der Waals surface area contributed by atoms with Crippen molar-refractivity contribution < 1.29 is 4.39 Å². The van der Waals surface area contributed by atoms with Gasteiger partial charge in [-0.1, -0.05) is 23.5 Å². The maximum absolute atomic E-state index is 13.8. The highest BCUT2D eigenvalue weighted by molar-refractivity contribution is 7.17. The quantitative estimate of drug-likeness (QED) is 0.719. The van der Waals surface area contributed by atoms with Crippen molar-refractivity contribution in [2.24, 2.45) is 0 Å². The average molecular weight is 248 g/mol. The van der Waals surface area contributed by atoms with E-state index in [1.807, 2.05) is 6.92 Å². The number of aromatic nitrogens is 3. The van der Waals surface area contributed by atoms with Crippen molar-refractivity contribution in [2.45, 2.75) is 6.92 Å². The SMILES string of the molecule is Cc1sc2nc(N)nn2c1-c1ccccc1F. The van der Waals surface area contributed by atoms with Crippen LogP contribution in [-0.4, -0.2) is 14.6 Å². The third kappa shape index (κ3) is 1.49. The van der Waals surface area contributed by atoms with Crippen molar-refractivity contribution in [1.29, 1.82) is 0 Å². The van der Waals surface area contributed by atoms with Gasteiger partial charge in [0.15, 0.2) is 0 Å². The Morgan fingerprint density at radius 3 is 2.88 bits per heavy atom. The van der Waals surface area contributed by atoms with E-state index in [1.54, 1.807) is 22.7 Å². The number of thiazole rings is 1. The first-order valence-corrected chi connectivity index (χ1v) is 5.85. The molecule has 0 aliphatic rings. The Bertz CT molecular complexity index is 701. The summed E-state index contributed by atoms with van der Waals surface area (Å²) in [6, 6.07) is 6.61. The summed E-state index contributed by atoms with van der Waals surface area (Å²) < 4.78 is 15.4. The highest BCUT2D eigenvalue weighted by Crippen LogP contribution is 2.31. The fourth-order valence-corrected chi connectivity index (χ4v) is 2.74. The molecule has 0 aliphatic heterocycles. The average Bonchev–Trinajstić information content (AvgIpc) is 2.75. The molecule has 3 aromatic rings. The molecule has 0 saturated heterocycles. The number of nitrogens with two attached hydrogens (primary N) is 1. The van der Waals surface area contributed by atoms with Gasteiger partial charge in [-0.25, -0.2) is 8.91 Å². The summed E-state index contributed by atoms with van der Waals surface area (Å²) in [6.45, 7) is 1.92. The van der Waals surface area contributed by atoms with E-state index in [1.165, 1.54) is 17.4 Å². The van der Waals surface area contributed by atoms with E-state index in [2.05, 4.69) is 10.1 Å². The molecule has 0 fully saturated rings. The molecule has 0 aliphatic carbocycles. The first kappa shape index (κ1) is 10.2. The number of hydrogen-bond donors (Lipinski definition) is 1. The maximum Gasteiger partial charge on any atom is 0.241 e. The highest BCUT2D eigenvalue weighted by atomic mass is 32.1. The lowest BCUT2D eigenvalue weighted by Gasteiger charge is -2.02. The van der Waals surface area contributed by atoms with Crippen LogP contribution in [0.2, 0.25) is 0 Å². The summed E-state index contributed by atoms with van der Waals surface area (Å²) >= 11 is 1.45. The number of anilines is 1. The summed E-state index contributed by atoms with van der Waals surface area (Å²) in [5.74, 6) is -0.0711. The van der Waals surface area contributed by atoms with Crippen LogP contribution in [-0.2, 0) is 0 Å². The number of halogens is 1. The Labute approximate surface area is 101 Å². The van der Waals surface area contributed by atoms with Crippen LogP contribution in [0, 0.1) is 12.7 Å².